The molecule has 2 N–H and O–H groups in total. The third kappa shape index (κ3) is 3.16. The minimum atomic E-state index is -0.413. The Kier molecular flexibility index (Phi) is 4.24. The Morgan fingerprint density at radius 2 is 2.26 bits per heavy atom. The number of nitrogens with zero attached hydrogens (tertiary/aromatic N) is 2. The second kappa shape index (κ2) is 5.91. The summed E-state index contributed by atoms with van der Waals surface area (Å²) in [6, 6.07) is 1.73. The summed E-state index contributed by atoms with van der Waals surface area (Å²) >= 11 is 0. The summed E-state index contributed by atoms with van der Waals surface area (Å²) in [5, 5.41) is 0. The molecule has 0 aliphatic carbocycles. The zero-order valence-electron chi connectivity index (χ0n) is 11.6. The molecule has 1 aromatic heterocycles. The topological polar surface area (TPSA) is 68.5 Å². The van der Waals surface area contributed by atoms with E-state index in [0.717, 1.165) is 37.7 Å². The summed E-state index contributed by atoms with van der Waals surface area (Å²) in [6.45, 7) is 4.22. The number of methoxy groups -OCH3 is 1. The fraction of sp³-hybridized carbons (Fsp3) is 0.571. The van der Waals surface area contributed by atoms with Crippen LogP contribution in [-0.2, 0) is 4.74 Å². The highest BCUT2D eigenvalue weighted by Gasteiger charge is 2.18. The van der Waals surface area contributed by atoms with Gasteiger partial charge in [-0.15, -0.1) is 0 Å². The second-order valence-electron chi connectivity index (χ2n) is 5.14. The van der Waals surface area contributed by atoms with Crippen LogP contribution in [0.15, 0.2) is 12.3 Å². The van der Waals surface area contributed by atoms with Gasteiger partial charge in [0.15, 0.2) is 0 Å². The maximum atomic E-state index is 11.6. The van der Waals surface area contributed by atoms with Gasteiger partial charge >= 0.3 is 5.97 Å². The van der Waals surface area contributed by atoms with E-state index in [1.54, 1.807) is 6.07 Å². The highest BCUT2D eigenvalue weighted by atomic mass is 16.5. The molecule has 0 spiro atoms. The molecule has 1 aliphatic heterocycles. The molecular formula is C14H21N3O2. The third-order valence-corrected chi connectivity index (χ3v) is 3.67. The Balaban J connectivity index is 2.22. The number of nitrogen functional groups attached to an aromatic ring is 1. The van der Waals surface area contributed by atoms with Gasteiger partial charge in [-0.1, -0.05) is 6.92 Å². The number of pyridine rings is 1. The van der Waals surface area contributed by atoms with Crippen molar-refractivity contribution in [3.63, 3.8) is 0 Å². The lowest BCUT2D eigenvalue weighted by Gasteiger charge is -2.22. The number of anilines is 2. The zero-order chi connectivity index (χ0) is 13.8. The molecule has 0 radical (unpaired) electrons. The normalized spacial score (nSPS) is 19.9. The van der Waals surface area contributed by atoms with Crippen molar-refractivity contribution >= 4 is 17.5 Å². The number of hydrogen-bond donors (Lipinski definition) is 1. The van der Waals surface area contributed by atoms with E-state index in [4.69, 9.17) is 10.5 Å². The molecule has 1 fully saturated rings. The molecule has 0 saturated carbocycles. The quantitative estimate of drug-likeness (QED) is 0.827. The lowest BCUT2D eigenvalue weighted by Crippen LogP contribution is -2.25. The molecule has 2 heterocycles. The number of hydrogen-bond acceptors (Lipinski definition) is 5. The van der Waals surface area contributed by atoms with E-state index in [1.165, 1.54) is 19.7 Å². The number of ether oxygens (including phenoxy) is 1. The summed E-state index contributed by atoms with van der Waals surface area (Å²) in [5.74, 6) is 1.15. The van der Waals surface area contributed by atoms with Crippen LogP contribution < -0.4 is 10.6 Å². The largest absolute Gasteiger partial charge is 0.465 e. The van der Waals surface area contributed by atoms with Gasteiger partial charge in [-0.2, -0.15) is 0 Å². The van der Waals surface area contributed by atoms with Gasteiger partial charge in [-0.25, -0.2) is 9.78 Å². The Labute approximate surface area is 113 Å². The lowest BCUT2D eigenvalue weighted by atomic mass is 10.0. The van der Waals surface area contributed by atoms with Crippen molar-refractivity contribution in [2.45, 2.75) is 26.2 Å². The highest BCUT2D eigenvalue weighted by molar-refractivity contribution is 5.95. The van der Waals surface area contributed by atoms with Gasteiger partial charge in [0.2, 0.25) is 0 Å². The average Bonchev–Trinajstić information content (AvgIpc) is 2.63. The first-order chi connectivity index (χ1) is 9.11. The van der Waals surface area contributed by atoms with Gasteiger partial charge in [-0.05, 0) is 31.2 Å². The number of esters is 1. The minimum absolute atomic E-state index is 0.360. The van der Waals surface area contributed by atoms with Gasteiger partial charge in [0.25, 0.3) is 0 Å². The molecular weight excluding hydrogens is 242 g/mol. The van der Waals surface area contributed by atoms with E-state index in [0.29, 0.717) is 11.3 Å². The molecule has 1 aromatic rings. The second-order valence-corrected chi connectivity index (χ2v) is 5.14. The fourth-order valence-electron chi connectivity index (χ4n) is 2.41. The fourth-order valence-corrected chi connectivity index (χ4v) is 2.41. The minimum Gasteiger partial charge on any atom is -0.465 e. The van der Waals surface area contributed by atoms with E-state index in [9.17, 15) is 4.79 Å². The monoisotopic (exact) mass is 263 g/mol. The van der Waals surface area contributed by atoms with Gasteiger partial charge in [0, 0.05) is 13.1 Å². The predicted molar refractivity (Wildman–Crippen MR) is 75.2 cm³/mol. The van der Waals surface area contributed by atoms with Crippen LogP contribution in [0.5, 0.6) is 0 Å². The number of rotatable bonds is 2. The number of carbonyl (C=O) groups excluding carboxylic acids is 1. The molecule has 5 heteroatoms. The van der Waals surface area contributed by atoms with Crippen molar-refractivity contribution in [1.29, 1.82) is 0 Å². The van der Waals surface area contributed by atoms with E-state index in [-0.39, 0.29) is 0 Å². The number of aromatic nitrogens is 1. The van der Waals surface area contributed by atoms with Crippen molar-refractivity contribution in [2.24, 2.45) is 5.92 Å². The first kappa shape index (κ1) is 13.6. The Morgan fingerprint density at radius 3 is 3.00 bits per heavy atom. The molecule has 104 valence electrons. The van der Waals surface area contributed by atoms with Crippen molar-refractivity contribution in [3.05, 3.63) is 17.8 Å². The molecule has 1 saturated heterocycles. The zero-order valence-corrected chi connectivity index (χ0v) is 11.6. The summed E-state index contributed by atoms with van der Waals surface area (Å²) in [7, 11) is 1.36. The molecule has 5 nitrogen and oxygen atoms in total. The highest BCUT2D eigenvalue weighted by Crippen LogP contribution is 2.23. The molecule has 1 unspecified atom stereocenters. The smallest absolute Gasteiger partial charge is 0.340 e. The summed E-state index contributed by atoms with van der Waals surface area (Å²) in [6.07, 6.45) is 5.09. The van der Waals surface area contributed by atoms with Gasteiger partial charge in [0.05, 0.1) is 24.6 Å². The number of nitrogens with two attached hydrogens (primary N) is 1. The Bertz CT molecular complexity index is 462. The standard InChI is InChI=1S/C14H21N3O2/c1-10-4-3-6-17(7-5-10)13-8-11(14(18)19-2)12(15)9-16-13/h8-10H,3-7,15H2,1-2H3. The van der Waals surface area contributed by atoms with Gasteiger partial charge < -0.3 is 15.4 Å². The lowest BCUT2D eigenvalue weighted by molar-refractivity contribution is 0.0602. The van der Waals surface area contributed by atoms with Gasteiger partial charge in [0.1, 0.15) is 5.82 Å². The molecule has 0 aromatic carbocycles. The molecule has 0 amide bonds. The van der Waals surface area contributed by atoms with Crippen LogP contribution in [0.3, 0.4) is 0 Å². The van der Waals surface area contributed by atoms with E-state index >= 15 is 0 Å². The molecule has 1 aliphatic rings. The molecule has 19 heavy (non-hydrogen) atoms. The summed E-state index contributed by atoms with van der Waals surface area (Å²) in [4.78, 5) is 18.2. The van der Waals surface area contributed by atoms with Crippen LogP contribution in [0.25, 0.3) is 0 Å². The maximum absolute atomic E-state index is 11.6. The molecule has 2 rings (SSSR count). The molecule has 0 bridgehead atoms. The van der Waals surface area contributed by atoms with E-state index in [2.05, 4.69) is 16.8 Å². The van der Waals surface area contributed by atoms with Crippen molar-refractivity contribution < 1.29 is 9.53 Å². The van der Waals surface area contributed by atoms with Crippen LogP contribution in [0.4, 0.5) is 11.5 Å². The predicted octanol–water partition coefficient (Wildman–Crippen LogP) is 2.08. The summed E-state index contributed by atoms with van der Waals surface area (Å²) in [5.41, 5.74) is 6.52. The average molecular weight is 263 g/mol. The van der Waals surface area contributed by atoms with Crippen molar-refractivity contribution in [1.82, 2.24) is 4.98 Å². The van der Waals surface area contributed by atoms with Gasteiger partial charge in [-0.3, -0.25) is 0 Å². The Hall–Kier alpha value is -1.78. The van der Waals surface area contributed by atoms with E-state index in [1.807, 2.05) is 0 Å². The van der Waals surface area contributed by atoms with Crippen LogP contribution in [0.1, 0.15) is 36.5 Å². The van der Waals surface area contributed by atoms with Crippen LogP contribution >= 0.6 is 0 Å². The first-order valence-electron chi connectivity index (χ1n) is 6.70. The van der Waals surface area contributed by atoms with Crippen LogP contribution in [-0.4, -0.2) is 31.2 Å². The maximum Gasteiger partial charge on any atom is 0.340 e. The third-order valence-electron chi connectivity index (χ3n) is 3.67. The van der Waals surface area contributed by atoms with Crippen molar-refractivity contribution in [3.8, 4) is 0 Å². The first-order valence-corrected chi connectivity index (χ1v) is 6.70. The SMILES string of the molecule is COC(=O)c1cc(N2CCCC(C)CC2)ncc1N. The number of carbonyl (C=O) groups is 1. The summed E-state index contributed by atoms with van der Waals surface area (Å²) < 4.78 is 4.74. The Morgan fingerprint density at radius 1 is 1.47 bits per heavy atom. The van der Waals surface area contributed by atoms with E-state index < -0.39 is 5.97 Å². The van der Waals surface area contributed by atoms with Crippen molar-refractivity contribution in [2.75, 3.05) is 30.8 Å². The molecule has 1 atom stereocenters. The van der Waals surface area contributed by atoms with Crippen LogP contribution in [0.2, 0.25) is 0 Å². The van der Waals surface area contributed by atoms with Crippen LogP contribution in [0, 0.1) is 5.92 Å².